The minimum absolute atomic E-state index is 0. The third-order valence-corrected chi connectivity index (χ3v) is 5.06. The molecule has 168 valence electrons. The van der Waals surface area contributed by atoms with Crippen LogP contribution in [-0.2, 0) is 0 Å². The van der Waals surface area contributed by atoms with E-state index >= 15 is 0 Å². The first-order valence-corrected chi connectivity index (χ1v) is 8.67. The Balaban J connectivity index is -0.00000181. The molecular weight excluding hydrogens is 1990 g/mol. The van der Waals surface area contributed by atoms with Gasteiger partial charge in [-0.05, 0) is 68.7 Å². The average Bonchev–Trinajstić information content (AvgIpc) is 2.81. The van der Waals surface area contributed by atoms with Crippen LogP contribution in [0.15, 0.2) is 36.4 Å². The zero-order valence-electron chi connectivity index (χ0n) is 20.4. The van der Waals surface area contributed by atoms with Crippen molar-refractivity contribution in [3.8, 4) is 34.5 Å². The first kappa shape index (κ1) is 31.2. The van der Waals surface area contributed by atoms with Crippen molar-refractivity contribution in [3.63, 3.8) is 0 Å². The van der Waals surface area contributed by atoms with Crippen LogP contribution in [0.2, 0.25) is 0 Å². The van der Waals surface area contributed by atoms with Gasteiger partial charge in [0.15, 0.2) is 0 Å². The van der Waals surface area contributed by atoms with Crippen molar-refractivity contribution < 1.29 is 28.4 Å². The van der Waals surface area contributed by atoms with Gasteiger partial charge in [0.2, 0.25) is 0 Å². The zero-order valence-corrected chi connectivity index (χ0v) is 58.8. The van der Waals surface area contributed by atoms with Crippen LogP contribution in [-0.4, -0.2) is 0 Å². The molecule has 0 radical (unpaired) electrons. The normalized spacial score (nSPS) is 9.17. The molecule has 0 heterocycles. The maximum Gasteiger partial charge on any atom is 0.125 e. The Morgan fingerprint density at radius 3 is 0.472 bits per heavy atom. The van der Waals surface area contributed by atoms with Crippen molar-refractivity contribution in [2.75, 3.05) is 0 Å². The Bertz CT molecular complexity index is 1000. The number of hydrogen-bond acceptors (Lipinski definition) is 6. The summed E-state index contributed by atoms with van der Waals surface area (Å²) in [5.41, 5.74) is 0. The topological polar surface area (TPSA) is 55.4 Å². The van der Waals surface area contributed by atoms with Crippen molar-refractivity contribution >= 4 is 32.3 Å². The predicted molar refractivity (Wildman–Crippen MR) is 115 cm³/mol. The minimum Gasteiger partial charge on any atom is -0.663 e. The van der Waals surface area contributed by atoms with Gasteiger partial charge < -0.3 is 28.4 Å². The Kier molecular flexibility index (Phi) is 8.91. The Hall–Kier alpha value is -9.54. The first-order valence-electron chi connectivity index (χ1n) is 8.67. The molecule has 0 spiro atoms. The number of benzene rings is 4. The van der Waals surface area contributed by atoms with Crippen LogP contribution >= 0.6 is 0 Å². The van der Waals surface area contributed by atoms with Gasteiger partial charge in [-0.1, -0.05) is 0 Å². The quantitative estimate of drug-likeness (QED) is 0.170. The first-order chi connectivity index (χ1) is 14.6. The molecule has 6 nitrogen and oxygen atoms in total. The van der Waals surface area contributed by atoms with Crippen LogP contribution in [0.4, 0.5) is 0 Å². The molecular formula is C24H18O6Rf6-6. The van der Waals surface area contributed by atoms with Gasteiger partial charge in [-0.25, -0.2) is 0 Å². The number of ether oxygens (including phenoxy) is 6. The molecule has 0 N–H and O–H groups in total. The Morgan fingerprint density at radius 1 is 0.278 bits per heavy atom. The van der Waals surface area contributed by atoms with Gasteiger partial charge >= 0.3 is 0 Å². The summed E-state index contributed by atoms with van der Waals surface area (Å²) in [6.45, 7) is 0. The van der Waals surface area contributed by atoms with E-state index in [1.807, 2.05) is 36.4 Å². The van der Waals surface area contributed by atoms with Crippen molar-refractivity contribution in [1.82, 2.24) is 0 Å². The zero-order chi connectivity index (χ0) is 21.4. The molecule has 4 aromatic carbocycles. The van der Waals surface area contributed by atoms with Crippen LogP contribution in [0.3, 0.4) is 0 Å². The summed E-state index contributed by atoms with van der Waals surface area (Å²) in [6, 6.07) is 10.9. The third-order valence-electron chi connectivity index (χ3n) is 5.06. The molecule has 4 aromatic rings. The van der Waals surface area contributed by atoms with Crippen molar-refractivity contribution in [2.24, 2.45) is 0 Å². The molecule has 0 aliphatic heterocycles. The molecule has 0 saturated carbocycles. The van der Waals surface area contributed by atoms with Crippen LogP contribution in [0.5, 0.6) is 34.5 Å². The van der Waals surface area contributed by atoms with Gasteiger partial charge in [0.25, 0.3) is 0 Å². The van der Waals surface area contributed by atoms with Gasteiger partial charge in [-0.3, -0.25) is 0 Å². The second kappa shape index (κ2) is 10.3. The second-order valence-electron chi connectivity index (χ2n) is 6.40. The summed E-state index contributed by atoms with van der Waals surface area (Å²) in [6.07, 6.45) is 0. The summed E-state index contributed by atoms with van der Waals surface area (Å²) >= 11 is 0. The average molecular weight is 2000 g/mol. The molecule has 36 heavy (non-hydrogen) atoms. The maximum absolute atomic E-state index is 5.23. The van der Waals surface area contributed by atoms with Crippen molar-refractivity contribution in [1.29, 1.82) is 0 Å². The number of rotatable bonds is 6. The number of hydrogen-bond donors (Lipinski definition) is 0. The third kappa shape index (κ3) is 3.45. The fourth-order valence-electron chi connectivity index (χ4n) is 3.69. The van der Waals surface area contributed by atoms with Gasteiger partial charge in [-0.2, -0.15) is 42.7 Å². The van der Waals surface area contributed by atoms with Crippen LogP contribution in [0, 0.1) is 42.7 Å². The van der Waals surface area contributed by atoms with E-state index in [0.29, 0.717) is 34.5 Å². The van der Waals surface area contributed by atoms with Crippen LogP contribution < -0.4 is 28.4 Å². The van der Waals surface area contributed by atoms with Crippen LogP contribution in [0.1, 0.15) is 0 Å². The SMILES string of the molecule is [CH2-]Oc1cc2c3cc(O[CH2-])c(O[CH2-])cc3c3cc(O[CH2-])c(O[CH2-])cc3c2cc1O[CH2-].[Rf].[Rf].[Rf].[Rf].[Rf].[Rf]. The van der Waals surface area contributed by atoms with Crippen molar-refractivity contribution in [3.05, 3.63) is 79.1 Å². The van der Waals surface area contributed by atoms with E-state index in [2.05, 4.69) is 42.7 Å². The minimum atomic E-state index is 0. The molecule has 0 aliphatic carbocycles. The van der Waals surface area contributed by atoms with Gasteiger partial charge in [-0.15, -0.1) is 0 Å². The summed E-state index contributed by atoms with van der Waals surface area (Å²) in [5.74, 6) is 2.58. The Morgan fingerprint density at radius 2 is 0.389 bits per heavy atom. The summed E-state index contributed by atoms with van der Waals surface area (Å²) in [4.78, 5) is 0. The molecule has 0 atom stereocenters. The molecule has 0 fully saturated rings. The van der Waals surface area contributed by atoms with E-state index in [1.54, 1.807) is 0 Å². The van der Waals surface area contributed by atoms with Crippen molar-refractivity contribution in [2.45, 2.75) is 0 Å². The molecule has 4 rings (SSSR count). The summed E-state index contributed by atoms with van der Waals surface area (Å²) in [7, 11) is 21.0. The summed E-state index contributed by atoms with van der Waals surface area (Å²) in [5, 5.41) is 5.11. The molecule has 0 amide bonds. The van der Waals surface area contributed by atoms with E-state index in [4.69, 9.17) is 28.4 Å². The van der Waals surface area contributed by atoms with E-state index in [1.165, 1.54) is 0 Å². The van der Waals surface area contributed by atoms with E-state index in [9.17, 15) is 0 Å². The maximum atomic E-state index is 5.23. The van der Waals surface area contributed by atoms with E-state index in [0.717, 1.165) is 32.3 Å². The second-order valence-corrected chi connectivity index (χ2v) is 6.40. The molecule has 0 unspecified atom stereocenters. The molecule has 12 heteroatoms. The number of fused-ring (bicyclic) bond motifs is 6. The predicted octanol–water partition coefficient (Wildman–Crippen LogP) is 6.17. The van der Waals surface area contributed by atoms with Gasteiger partial charge in [0.05, 0.1) is 0 Å². The van der Waals surface area contributed by atoms with Gasteiger partial charge in [0.1, 0.15) is 34.5 Å². The molecule has 0 saturated heterocycles. The molecule has 0 bridgehead atoms. The largest absolute Gasteiger partial charge is 0.663 e. The summed E-state index contributed by atoms with van der Waals surface area (Å²) < 4.78 is 31.4. The van der Waals surface area contributed by atoms with E-state index < -0.39 is 0 Å². The monoisotopic (exact) mass is 2000 g/mol. The van der Waals surface area contributed by atoms with Crippen LogP contribution in [0.25, 0.3) is 32.3 Å². The fourth-order valence-corrected chi connectivity index (χ4v) is 3.69. The molecule has 0 aromatic heterocycles. The van der Waals surface area contributed by atoms with Gasteiger partial charge in [0, 0.05) is 0 Å². The fraction of sp³-hybridized carbons (Fsp3) is 0. The Labute approximate surface area is 174 Å². The van der Waals surface area contributed by atoms with E-state index in [-0.39, 0.29) is 0 Å². The smallest absolute Gasteiger partial charge is 0.125 e. The standard InChI is InChI=1S/C24H18O6.6Rf/c1-25-19-7-13-14(8-20(19)26-2)16-10-22(28-4)24(30-6)12-18(16)17-11-23(29-5)21(27-3)9-15(13)17;;;;;;/h7-12H,1-6H2;;;;;;/q-6;;;;;;. The molecule has 0 aliphatic rings.